The van der Waals surface area contributed by atoms with Crippen LogP contribution in [0.2, 0.25) is 0 Å². The second kappa shape index (κ2) is 32.9. The molecule has 624 valence electrons. The summed E-state index contributed by atoms with van der Waals surface area (Å²) in [7, 11) is 0. The van der Waals surface area contributed by atoms with Crippen LogP contribution in [0.5, 0.6) is 0 Å². The third kappa shape index (κ3) is 17.8. The molecule has 12 nitrogen and oxygen atoms in total. The normalized spacial score (nSPS) is 15.4. The lowest BCUT2D eigenvalue weighted by Gasteiger charge is -2.38. The summed E-state index contributed by atoms with van der Waals surface area (Å²) in [6.07, 6.45) is -30.2. The van der Waals surface area contributed by atoms with Crippen molar-refractivity contribution in [3.05, 3.63) is 0 Å². The molecule has 0 aliphatic rings. The summed E-state index contributed by atoms with van der Waals surface area (Å²) in [5.74, 6) is -176. The topological polar surface area (TPSA) is 142 Å². The first kappa shape index (κ1) is 99.4. The van der Waals surface area contributed by atoms with Gasteiger partial charge in [-0.2, -0.15) is 176 Å². The molecule has 0 radical (unpaired) electrons. The summed E-state index contributed by atoms with van der Waals surface area (Å²) >= 11 is 0. The molecule has 0 aliphatic carbocycles. The molecule has 0 fully saturated rings. The average Bonchev–Trinajstić information content (AvgIpc) is 0.735. The number of halogens is 48. The summed E-state index contributed by atoms with van der Waals surface area (Å²) in [5, 5.41) is 0. The number of hydrogen-bond acceptors (Lipinski definition) is 12. The monoisotopic (exact) mass is 1680 g/mol. The van der Waals surface area contributed by atoms with Crippen LogP contribution in [0.15, 0.2) is 0 Å². The van der Waals surface area contributed by atoms with Gasteiger partial charge in [-0.15, -0.1) is 0 Å². The van der Waals surface area contributed by atoms with Crippen molar-refractivity contribution < 1.29 is 268 Å². The van der Waals surface area contributed by atoms with Gasteiger partial charge in [0.2, 0.25) is 0 Å². The number of esters is 4. The molecule has 105 heavy (non-hydrogen) atoms. The van der Waals surface area contributed by atoms with Crippen LogP contribution in [0.25, 0.3) is 0 Å². The molecular formula is C45H36F48O12. The highest BCUT2D eigenvalue weighted by Crippen LogP contribution is 2.63. The van der Waals surface area contributed by atoms with E-state index in [1.807, 2.05) is 0 Å². The number of ether oxygens (including phenoxy) is 8. The molecule has 0 bridgehead atoms. The smallest absolute Gasteiger partial charge is 0.410 e. The number of carbonyl (C=O) groups is 4. The lowest BCUT2D eigenvalue weighted by molar-refractivity contribution is -0.408. The zero-order chi connectivity index (χ0) is 84.1. The van der Waals surface area contributed by atoms with Crippen LogP contribution in [-0.4, -0.2) is 247 Å². The molecule has 0 saturated heterocycles. The Labute approximate surface area is 546 Å². The Hall–Kier alpha value is -5.64. The molecule has 0 aliphatic heterocycles. The van der Waals surface area contributed by atoms with Crippen LogP contribution >= 0.6 is 0 Å². The lowest BCUT2D eigenvalue weighted by Crippen LogP contribution is -2.70. The summed E-state index contributed by atoms with van der Waals surface area (Å²) in [5.41, 5.74) is -2.82. The summed E-state index contributed by atoms with van der Waals surface area (Å²) in [4.78, 5) is 47.0. The molecule has 0 rings (SSSR count). The SMILES string of the molecule is O=C(OCCCOCC(COCCCOC(=O)C(F)(F)C(F)(F)C(F)(F)C(F)(F)C(F)(F)C(F)F)(COCCCOC(=O)C(F)(F)C(F)(F)C(F)(F)C(F)(F)C(F)(F)C(F)F)COCCCOC(=O)C(F)(F)C(F)(F)C(F)(F)C(F)(F)C(F)(F)C(F)F)C(F)(F)C(F)(F)C(F)(F)C(F)(F)C(F)(F)C(F)F. The zero-order valence-corrected chi connectivity index (χ0v) is 49.2. The van der Waals surface area contributed by atoms with Crippen molar-refractivity contribution in [1.29, 1.82) is 0 Å². The molecule has 0 heterocycles. The van der Waals surface area contributed by atoms with Crippen molar-refractivity contribution >= 4 is 23.9 Å². The summed E-state index contributed by atoms with van der Waals surface area (Å²) in [6, 6.07) is 0. The average molecular weight is 1680 g/mol. The van der Waals surface area contributed by atoms with E-state index >= 15 is 0 Å². The molecule has 0 N–H and O–H groups in total. The van der Waals surface area contributed by atoms with Crippen LogP contribution in [0.3, 0.4) is 0 Å². The second-order valence-corrected chi connectivity index (χ2v) is 20.6. The lowest BCUT2D eigenvalue weighted by atomic mass is 9.92. The molecule has 0 aromatic rings. The van der Waals surface area contributed by atoms with E-state index in [1.54, 1.807) is 0 Å². The Bertz CT molecular complexity index is 2470. The zero-order valence-electron chi connectivity index (χ0n) is 49.2. The second-order valence-electron chi connectivity index (χ2n) is 20.6. The third-order valence-corrected chi connectivity index (χ3v) is 12.8. The van der Waals surface area contributed by atoms with Gasteiger partial charge in [-0.3, -0.25) is 0 Å². The van der Waals surface area contributed by atoms with Gasteiger partial charge in [-0.05, 0) is 0 Å². The fourth-order valence-corrected chi connectivity index (χ4v) is 6.55. The molecule has 0 unspecified atom stereocenters. The molecule has 0 amide bonds. The van der Waals surface area contributed by atoms with Crippen molar-refractivity contribution in [3.63, 3.8) is 0 Å². The molecule has 0 aromatic carbocycles. The minimum atomic E-state index is -8.37. The van der Waals surface area contributed by atoms with Crippen LogP contribution in [0.1, 0.15) is 25.7 Å². The van der Waals surface area contributed by atoms with Gasteiger partial charge in [-0.1, -0.05) is 0 Å². The Morgan fingerprint density at radius 3 is 0.457 bits per heavy atom. The fraction of sp³-hybridized carbons (Fsp3) is 0.911. The minimum absolute atomic E-state index is 1.50. The number of carbonyl (C=O) groups excluding carboxylic acids is 4. The predicted octanol–water partition coefficient (Wildman–Crippen LogP) is 15.5. The van der Waals surface area contributed by atoms with Gasteiger partial charge in [0, 0.05) is 52.1 Å². The van der Waals surface area contributed by atoms with E-state index in [0.717, 1.165) is 0 Å². The van der Waals surface area contributed by atoms with Gasteiger partial charge in [0.05, 0.1) is 58.3 Å². The van der Waals surface area contributed by atoms with Crippen LogP contribution in [0.4, 0.5) is 211 Å². The molecule has 0 saturated carbocycles. The van der Waals surface area contributed by atoms with E-state index in [0.29, 0.717) is 0 Å². The van der Waals surface area contributed by atoms with Crippen LogP contribution in [0, 0.1) is 5.41 Å². The molecule has 60 heteroatoms. The van der Waals surface area contributed by atoms with Crippen molar-refractivity contribution in [1.82, 2.24) is 0 Å². The van der Waals surface area contributed by atoms with Crippen molar-refractivity contribution in [2.75, 3.05) is 79.3 Å². The van der Waals surface area contributed by atoms with Crippen molar-refractivity contribution in [2.24, 2.45) is 5.41 Å². The maximum atomic E-state index is 14.3. The van der Waals surface area contributed by atoms with Gasteiger partial charge in [-0.25, -0.2) is 54.3 Å². The number of alkyl halides is 48. The van der Waals surface area contributed by atoms with Crippen molar-refractivity contribution in [3.8, 4) is 0 Å². The maximum Gasteiger partial charge on any atom is 0.410 e. The van der Waals surface area contributed by atoms with E-state index in [4.69, 9.17) is 18.9 Å². The summed E-state index contributed by atoms with van der Waals surface area (Å²) in [6.45, 7) is -21.1. The maximum absolute atomic E-state index is 14.3. The molecule has 0 aromatic heterocycles. The van der Waals surface area contributed by atoms with Crippen LogP contribution < -0.4 is 0 Å². The largest absolute Gasteiger partial charge is 0.461 e. The predicted molar refractivity (Wildman–Crippen MR) is 231 cm³/mol. The quantitative estimate of drug-likeness (QED) is 0.0248. The van der Waals surface area contributed by atoms with E-state index in [1.165, 1.54) is 0 Å². The Morgan fingerprint density at radius 1 is 0.200 bits per heavy atom. The standard InChI is InChI=1S/C45H36F48O12/c46-17(47)26(54,55)34(70,71)42(86,87)38(78,79)30(62,63)21(94)102-9-1-5-98-13-25(14-99-6-2-10-103-22(95)31(64,65)39(80,81)43(88,89)35(72,73)27(56,57)18(48)49,15-100-7-3-11-104-23(96)32(66,67)40(82,83)44(90,91)36(74,75)28(58,59)19(50)51)16-101-8-4-12-105-24(97)33(68,69)41(84,85)45(92,93)37(76,77)29(60,61)20(52)53/h17-20H,1-16H2. The molecular weight excluding hydrogens is 1640 g/mol. The first-order valence-corrected chi connectivity index (χ1v) is 26.0. The minimum Gasteiger partial charge on any atom is -0.461 e. The van der Waals surface area contributed by atoms with Gasteiger partial charge in [0.25, 0.3) is 0 Å². The van der Waals surface area contributed by atoms with E-state index in [-0.39, 0.29) is 0 Å². The Balaban J connectivity index is 7.44. The van der Waals surface area contributed by atoms with Gasteiger partial charge < -0.3 is 37.9 Å². The first-order valence-electron chi connectivity index (χ1n) is 26.0. The van der Waals surface area contributed by atoms with E-state index in [2.05, 4.69) is 18.9 Å². The van der Waals surface area contributed by atoms with Gasteiger partial charge in [0.15, 0.2) is 0 Å². The summed E-state index contributed by atoms with van der Waals surface area (Å²) < 4.78 is 685. The third-order valence-electron chi connectivity index (χ3n) is 12.8. The molecule has 0 atom stereocenters. The van der Waals surface area contributed by atoms with E-state index < -0.39 is 278 Å². The highest BCUT2D eigenvalue weighted by Gasteiger charge is 2.93. The van der Waals surface area contributed by atoms with Gasteiger partial charge >= 0.3 is 168 Å². The number of hydrogen-bond donors (Lipinski definition) is 0. The number of rotatable bonds is 48. The highest BCUT2D eigenvalue weighted by molar-refractivity contribution is 5.81. The van der Waals surface area contributed by atoms with E-state index in [9.17, 15) is 230 Å². The molecule has 0 spiro atoms. The van der Waals surface area contributed by atoms with Crippen LogP contribution in [-0.2, 0) is 57.1 Å². The Morgan fingerprint density at radius 2 is 0.333 bits per heavy atom. The fourth-order valence-electron chi connectivity index (χ4n) is 6.55. The first-order chi connectivity index (χ1) is 46.3. The Kier molecular flexibility index (Phi) is 31.1. The van der Waals surface area contributed by atoms with Crippen molar-refractivity contribution in [2.45, 2.75) is 170 Å². The highest BCUT2D eigenvalue weighted by atomic mass is 19.4. The van der Waals surface area contributed by atoms with Gasteiger partial charge in [0.1, 0.15) is 0 Å².